The van der Waals surface area contributed by atoms with Gasteiger partial charge in [-0.15, -0.1) is 11.3 Å². The molecule has 1 aromatic heterocycles. The number of nitrogens with zero attached hydrogens (tertiary/aromatic N) is 1. The van der Waals surface area contributed by atoms with Crippen LogP contribution in [0.1, 0.15) is 32.6 Å². The number of anilines is 1. The minimum absolute atomic E-state index is 0.520. The van der Waals surface area contributed by atoms with E-state index in [-0.39, 0.29) is 0 Å². The first-order chi connectivity index (χ1) is 6.29. The van der Waals surface area contributed by atoms with Gasteiger partial charge in [-0.2, -0.15) is 0 Å². The third-order valence-electron chi connectivity index (χ3n) is 2.91. The number of aromatic nitrogens is 1. The van der Waals surface area contributed by atoms with Crippen molar-refractivity contribution in [3.05, 3.63) is 11.6 Å². The van der Waals surface area contributed by atoms with Crippen LogP contribution in [0.5, 0.6) is 0 Å². The second kappa shape index (κ2) is 3.66. The third-order valence-corrected chi connectivity index (χ3v) is 3.64. The van der Waals surface area contributed by atoms with Crippen molar-refractivity contribution in [2.24, 2.45) is 5.41 Å². The summed E-state index contributed by atoms with van der Waals surface area (Å²) >= 11 is 1.68. The Labute approximate surface area is 83.4 Å². The largest absolute Gasteiger partial charge is 0.361 e. The van der Waals surface area contributed by atoms with Crippen LogP contribution in [-0.2, 0) is 0 Å². The first-order valence-corrected chi connectivity index (χ1v) is 5.80. The maximum absolute atomic E-state index is 4.22. The van der Waals surface area contributed by atoms with Crippen molar-refractivity contribution in [2.75, 3.05) is 11.9 Å². The zero-order valence-corrected chi connectivity index (χ0v) is 8.86. The molecule has 0 radical (unpaired) electrons. The average Bonchev–Trinajstić information content (AvgIpc) is 2.72. The van der Waals surface area contributed by atoms with E-state index >= 15 is 0 Å². The highest BCUT2D eigenvalue weighted by molar-refractivity contribution is 7.13. The second-order valence-electron chi connectivity index (χ2n) is 4.21. The van der Waals surface area contributed by atoms with Gasteiger partial charge in [0.25, 0.3) is 0 Å². The molecule has 0 bridgehead atoms. The monoisotopic (exact) mass is 196 g/mol. The molecule has 0 spiro atoms. The predicted molar refractivity (Wildman–Crippen MR) is 57.2 cm³/mol. The van der Waals surface area contributed by atoms with E-state index in [9.17, 15) is 0 Å². The molecule has 2 nitrogen and oxygen atoms in total. The number of hydrogen-bond acceptors (Lipinski definition) is 3. The molecule has 1 aliphatic rings. The Balaban J connectivity index is 1.85. The molecule has 0 amide bonds. The molecular weight excluding hydrogens is 180 g/mol. The van der Waals surface area contributed by atoms with Crippen LogP contribution in [0.4, 0.5) is 5.13 Å². The number of rotatable bonds is 3. The van der Waals surface area contributed by atoms with Crippen LogP contribution in [0.3, 0.4) is 0 Å². The molecule has 0 saturated heterocycles. The standard InChI is InChI=1S/C10H16N2S/c1-10(4-2-3-5-10)8-12-9-11-6-7-13-9/h6-7H,2-5,8H2,1H3,(H,11,12). The van der Waals surface area contributed by atoms with E-state index in [2.05, 4.69) is 17.2 Å². The van der Waals surface area contributed by atoms with Gasteiger partial charge in [-0.1, -0.05) is 19.8 Å². The molecule has 0 aromatic carbocycles. The fraction of sp³-hybridized carbons (Fsp3) is 0.700. The van der Waals surface area contributed by atoms with Crippen molar-refractivity contribution in [3.63, 3.8) is 0 Å². The highest BCUT2D eigenvalue weighted by atomic mass is 32.1. The van der Waals surface area contributed by atoms with E-state index in [0.29, 0.717) is 5.41 Å². The van der Waals surface area contributed by atoms with Crippen molar-refractivity contribution in [1.82, 2.24) is 4.98 Å². The van der Waals surface area contributed by atoms with Gasteiger partial charge < -0.3 is 5.32 Å². The number of thiazole rings is 1. The van der Waals surface area contributed by atoms with Gasteiger partial charge in [0, 0.05) is 18.1 Å². The van der Waals surface area contributed by atoms with E-state index in [0.717, 1.165) is 11.7 Å². The normalized spacial score (nSPS) is 20.4. The Morgan fingerprint density at radius 1 is 1.54 bits per heavy atom. The third kappa shape index (κ3) is 2.21. The molecule has 72 valence electrons. The Bertz CT molecular complexity index is 250. The van der Waals surface area contributed by atoms with Gasteiger partial charge in [-0.05, 0) is 18.3 Å². The second-order valence-corrected chi connectivity index (χ2v) is 5.10. The highest BCUT2D eigenvalue weighted by Crippen LogP contribution is 2.37. The molecule has 0 unspecified atom stereocenters. The lowest BCUT2D eigenvalue weighted by molar-refractivity contribution is 0.362. The minimum Gasteiger partial charge on any atom is -0.361 e. The number of hydrogen-bond donors (Lipinski definition) is 1. The Morgan fingerprint density at radius 2 is 2.31 bits per heavy atom. The zero-order valence-electron chi connectivity index (χ0n) is 8.05. The molecule has 1 N–H and O–H groups in total. The van der Waals surface area contributed by atoms with Crippen LogP contribution >= 0.6 is 11.3 Å². The molecule has 1 aliphatic carbocycles. The van der Waals surface area contributed by atoms with Crippen molar-refractivity contribution < 1.29 is 0 Å². The van der Waals surface area contributed by atoms with Gasteiger partial charge in [0.05, 0.1) is 0 Å². The molecule has 1 heterocycles. The highest BCUT2D eigenvalue weighted by Gasteiger charge is 2.28. The molecule has 0 aliphatic heterocycles. The van der Waals surface area contributed by atoms with Crippen molar-refractivity contribution in [1.29, 1.82) is 0 Å². The minimum atomic E-state index is 0.520. The van der Waals surface area contributed by atoms with Crippen LogP contribution in [0.25, 0.3) is 0 Å². The predicted octanol–water partition coefficient (Wildman–Crippen LogP) is 3.14. The lowest BCUT2D eigenvalue weighted by Gasteiger charge is -2.23. The van der Waals surface area contributed by atoms with E-state index in [1.54, 1.807) is 11.3 Å². The van der Waals surface area contributed by atoms with Gasteiger partial charge in [0.1, 0.15) is 0 Å². The summed E-state index contributed by atoms with van der Waals surface area (Å²) in [5.74, 6) is 0. The smallest absolute Gasteiger partial charge is 0.182 e. The summed E-state index contributed by atoms with van der Waals surface area (Å²) in [7, 11) is 0. The molecule has 2 rings (SSSR count). The van der Waals surface area contributed by atoms with Gasteiger partial charge in [0.2, 0.25) is 0 Å². The van der Waals surface area contributed by atoms with Crippen LogP contribution in [-0.4, -0.2) is 11.5 Å². The first-order valence-electron chi connectivity index (χ1n) is 4.92. The maximum atomic E-state index is 4.22. The maximum Gasteiger partial charge on any atom is 0.182 e. The summed E-state index contributed by atoms with van der Waals surface area (Å²) in [4.78, 5) is 4.22. The van der Waals surface area contributed by atoms with E-state index in [1.807, 2.05) is 11.6 Å². The molecule has 1 saturated carbocycles. The lowest BCUT2D eigenvalue weighted by atomic mass is 9.89. The van der Waals surface area contributed by atoms with Crippen molar-refractivity contribution >= 4 is 16.5 Å². The van der Waals surface area contributed by atoms with E-state index < -0.39 is 0 Å². The Morgan fingerprint density at radius 3 is 2.92 bits per heavy atom. The quantitative estimate of drug-likeness (QED) is 0.803. The summed E-state index contributed by atoms with van der Waals surface area (Å²) in [6.07, 6.45) is 7.38. The number of nitrogens with one attached hydrogen (secondary N) is 1. The molecule has 1 aromatic rings. The fourth-order valence-electron chi connectivity index (χ4n) is 2.01. The SMILES string of the molecule is CC1(CNc2nccs2)CCCC1. The molecular formula is C10H16N2S. The van der Waals surface area contributed by atoms with Gasteiger partial charge in [-0.3, -0.25) is 0 Å². The average molecular weight is 196 g/mol. The van der Waals surface area contributed by atoms with Crippen LogP contribution < -0.4 is 5.32 Å². The summed E-state index contributed by atoms with van der Waals surface area (Å²) in [6.45, 7) is 3.46. The van der Waals surface area contributed by atoms with Gasteiger partial charge >= 0.3 is 0 Å². The van der Waals surface area contributed by atoms with Crippen molar-refractivity contribution in [3.8, 4) is 0 Å². The summed E-state index contributed by atoms with van der Waals surface area (Å²) < 4.78 is 0. The van der Waals surface area contributed by atoms with Crippen LogP contribution in [0.15, 0.2) is 11.6 Å². The molecule has 0 atom stereocenters. The van der Waals surface area contributed by atoms with Crippen molar-refractivity contribution in [2.45, 2.75) is 32.6 Å². The molecule has 13 heavy (non-hydrogen) atoms. The van der Waals surface area contributed by atoms with Crippen LogP contribution in [0.2, 0.25) is 0 Å². The topological polar surface area (TPSA) is 24.9 Å². The fourth-order valence-corrected chi connectivity index (χ4v) is 2.53. The summed E-state index contributed by atoms with van der Waals surface area (Å²) in [6, 6.07) is 0. The van der Waals surface area contributed by atoms with Gasteiger partial charge in [-0.25, -0.2) is 4.98 Å². The van der Waals surface area contributed by atoms with Crippen LogP contribution in [0, 0.1) is 5.41 Å². The lowest BCUT2D eigenvalue weighted by Crippen LogP contribution is -2.22. The van der Waals surface area contributed by atoms with E-state index in [1.165, 1.54) is 25.7 Å². The zero-order chi connectivity index (χ0) is 9.15. The molecule has 3 heteroatoms. The summed E-state index contributed by atoms with van der Waals surface area (Å²) in [5, 5.41) is 6.49. The van der Waals surface area contributed by atoms with E-state index in [4.69, 9.17) is 0 Å². The first kappa shape index (κ1) is 9.00. The Kier molecular flexibility index (Phi) is 2.54. The summed E-state index contributed by atoms with van der Waals surface area (Å²) in [5.41, 5.74) is 0.520. The Hall–Kier alpha value is -0.570. The van der Waals surface area contributed by atoms with Gasteiger partial charge in [0.15, 0.2) is 5.13 Å². The molecule has 1 fully saturated rings.